The lowest BCUT2D eigenvalue weighted by Gasteiger charge is -2.42. The molecule has 1 amide bonds. The maximum Gasteiger partial charge on any atom is 0.242 e. The Morgan fingerprint density at radius 1 is 1.17 bits per heavy atom. The number of ether oxygens (including phenoxy) is 1. The highest BCUT2D eigenvalue weighted by atomic mass is 16.5. The number of rotatable bonds is 3. The van der Waals surface area contributed by atoms with E-state index >= 15 is 0 Å². The molecule has 0 bridgehead atoms. The third kappa shape index (κ3) is 4.25. The molecule has 1 unspecified atom stereocenters. The Balaban J connectivity index is 1.52. The van der Waals surface area contributed by atoms with Gasteiger partial charge in [0.15, 0.2) is 0 Å². The van der Waals surface area contributed by atoms with Crippen molar-refractivity contribution < 1.29 is 9.53 Å². The SMILES string of the molecule is CC1CCN(CC2CCCN(C(=O)C3(N)CCOCC3)C2)CC1. The molecule has 0 aromatic rings. The molecule has 0 aromatic carbocycles. The number of piperidine rings is 2. The molecular weight excluding hydrogens is 290 g/mol. The summed E-state index contributed by atoms with van der Waals surface area (Å²) in [6, 6.07) is 0. The van der Waals surface area contributed by atoms with Crippen molar-refractivity contribution in [1.82, 2.24) is 9.80 Å². The fourth-order valence-electron chi connectivity index (χ4n) is 4.27. The zero-order valence-electron chi connectivity index (χ0n) is 14.6. The minimum atomic E-state index is -0.680. The number of likely N-dealkylation sites (tertiary alicyclic amines) is 2. The molecule has 0 aliphatic carbocycles. The number of hydrogen-bond acceptors (Lipinski definition) is 4. The van der Waals surface area contributed by atoms with Gasteiger partial charge in [0.05, 0.1) is 5.54 Å². The molecule has 2 N–H and O–H groups in total. The zero-order valence-corrected chi connectivity index (χ0v) is 14.6. The summed E-state index contributed by atoms with van der Waals surface area (Å²) in [5, 5.41) is 0. The number of carbonyl (C=O) groups excluding carboxylic acids is 1. The summed E-state index contributed by atoms with van der Waals surface area (Å²) >= 11 is 0. The molecule has 5 nitrogen and oxygen atoms in total. The van der Waals surface area contributed by atoms with E-state index in [1.165, 1.54) is 32.4 Å². The first-order valence-corrected chi connectivity index (χ1v) is 9.45. The zero-order chi connectivity index (χ0) is 16.3. The minimum absolute atomic E-state index is 0.165. The van der Waals surface area contributed by atoms with Gasteiger partial charge in [0.1, 0.15) is 0 Å². The van der Waals surface area contributed by atoms with Crippen molar-refractivity contribution in [3.8, 4) is 0 Å². The molecule has 5 heteroatoms. The molecule has 3 aliphatic heterocycles. The van der Waals surface area contributed by atoms with Gasteiger partial charge in [-0.25, -0.2) is 0 Å². The van der Waals surface area contributed by atoms with Crippen LogP contribution in [0.5, 0.6) is 0 Å². The second-order valence-electron chi connectivity index (χ2n) is 8.01. The Kier molecular flexibility index (Phi) is 5.60. The van der Waals surface area contributed by atoms with E-state index in [4.69, 9.17) is 10.5 Å². The van der Waals surface area contributed by atoms with E-state index in [1.807, 2.05) is 4.90 Å². The average Bonchev–Trinajstić information content (AvgIpc) is 2.57. The fraction of sp³-hybridized carbons (Fsp3) is 0.944. The van der Waals surface area contributed by atoms with Crippen LogP contribution >= 0.6 is 0 Å². The van der Waals surface area contributed by atoms with E-state index in [-0.39, 0.29) is 5.91 Å². The van der Waals surface area contributed by atoms with Crippen LogP contribution in [0, 0.1) is 11.8 Å². The molecule has 1 atom stereocenters. The Hall–Kier alpha value is -0.650. The molecule has 23 heavy (non-hydrogen) atoms. The summed E-state index contributed by atoms with van der Waals surface area (Å²) < 4.78 is 5.38. The first-order chi connectivity index (χ1) is 11.1. The lowest BCUT2D eigenvalue weighted by atomic mass is 9.87. The van der Waals surface area contributed by atoms with Crippen LogP contribution in [-0.4, -0.2) is 67.2 Å². The van der Waals surface area contributed by atoms with Gasteiger partial charge in [0.25, 0.3) is 0 Å². The maximum absolute atomic E-state index is 12.9. The Morgan fingerprint density at radius 2 is 1.87 bits per heavy atom. The van der Waals surface area contributed by atoms with Gasteiger partial charge in [-0.15, -0.1) is 0 Å². The molecule has 132 valence electrons. The van der Waals surface area contributed by atoms with Gasteiger partial charge in [-0.05, 0) is 63.5 Å². The van der Waals surface area contributed by atoms with E-state index in [2.05, 4.69) is 11.8 Å². The van der Waals surface area contributed by atoms with Crippen LogP contribution in [0.3, 0.4) is 0 Å². The summed E-state index contributed by atoms with van der Waals surface area (Å²) in [6.45, 7) is 8.96. The lowest BCUT2D eigenvalue weighted by Crippen LogP contribution is -2.60. The van der Waals surface area contributed by atoms with E-state index in [0.717, 1.165) is 32.0 Å². The molecule has 0 spiro atoms. The van der Waals surface area contributed by atoms with Crippen molar-refractivity contribution in [3.05, 3.63) is 0 Å². The van der Waals surface area contributed by atoms with Crippen LogP contribution in [0.2, 0.25) is 0 Å². The Bertz CT molecular complexity index is 401. The van der Waals surface area contributed by atoms with Crippen molar-refractivity contribution in [3.63, 3.8) is 0 Å². The third-order valence-electron chi connectivity index (χ3n) is 6.01. The number of nitrogens with zero attached hydrogens (tertiary/aromatic N) is 2. The van der Waals surface area contributed by atoms with Crippen LogP contribution in [0.25, 0.3) is 0 Å². The molecule has 3 saturated heterocycles. The predicted molar refractivity (Wildman–Crippen MR) is 91.1 cm³/mol. The largest absolute Gasteiger partial charge is 0.381 e. The number of nitrogens with two attached hydrogens (primary N) is 1. The first-order valence-electron chi connectivity index (χ1n) is 9.45. The van der Waals surface area contributed by atoms with Crippen LogP contribution in [-0.2, 0) is 9.53 Å². The minimum Gasteiger partial charge on any atom is -0.381 e. The molecule has 0 radical (unpaired) electrons. The van der Waals surface area contributed by atoms with Crippen LogP contribution in [0.4, 0.5) is 0 Å². The smallest absolute Gasteiger partial charge is 0.242 e. The van der Waals surface area contributed by atoms with E-state index in [9.17, 15) is 4.79 Å². The normalized spacial score (nSPS) is 30.3. The Labute approximate surface area is 140 Å². The Morgan fingerprint density at radius 3 is 2.57 bits per heavy atom. The monoisotopic (exact) mass is 323 g/mol. The third-order valence-corrected chi connectivity index (χ3v) is 6.01. The molecule has 3 fully saturated rings. The highest BCUT2D eigenvalue weighted by Gasteiger charge is 2.40. The van der Waals surface area contributed by atoms with Crippen molar-refractivity contribution in [2.24, 2.45) is 17.6 Å². The maximum atomic E-state index is 12.9. The summed E-state index contributed by atoms with van der Waals surface area (Å²) in [7, 11) is 0. The quantitative estimate of drug-likeness (QED) is 0.854. The van der Waals surface area contributed by atoms with Gasteiger partial charge in [-0.2, -0.15) is 0 Å². The standard InChI is InChI=1S/C18H33N3O2/c1-15-4-9-20(10-5-15)13-16-3-2-8-21(14-16)17(22)18(19)6-11-23-12-7-18/h15-16H,2-14,19H2,1H3. The van der Waals surface area contributed by atoms with Crippen molar-refractivity contribution in [2.75, 3.05) is 45.9 Å². The lowest BCUT2D eigenvalue weighted by molar-refractivity contribution is -0.142. The van der Waals surface area contributed by atoms with Gasteiger partial charge >= 0.3 is 0 Å². The van der Waals surface area contributed by atoms with E-state index in [0.29, 0.717) is 32.0 Å². The van der Waals surface area contributed by atoms with Gasteiger partial charge in [-0.1, -0.05) is 6.92 Å². The van der Waals surface area contributed by atoms with Crippen LogP contribution in [0.1, 0.15) is 45.4 Å². The molecule has 0 aromatic heterocycles. The van der Waals surface area contributed by atoms with Gasteiger partial charge in [0, 0.05) is 32.8 Å². The number of amides is 1. The first kappa shape index (κ1) is 17.2. The van der Waals surface area contributed by atoms with Gasteiger partial charge in [0.2, 0.25) is 5.91 Å². The van der Waals surface area contributed by atoms with Crippen LogP contribution in [0.15, 0.2) is 0 Å². The molecule has 3 rings (SSSR count). The molecule has 3 aliphatic rings. The van der Waals surface area contributed by atoms with Gasteiger partial charge in [-0.3, -0.25) is 4.79 Å². The topological polar surface area (TPSA) is 58.8 Å². The van der Waals surface area contributed by atoms with Crippen molar-refractivity contribution in [2.45, 2.75) is 51.0 Å². The van der Waals surface area contributed by atoms with E-state index in [1.54, 1.807) is 0 Å². The summed E-state index contributed by atoms with van der Waals surface area (Å²) in [5.74, 6) is 1.66. The van der Waals surface area contributed by atoms with Crippen molar-refractivity contribution in [1.29, 1.82) is 0 Å². The number of hydrogen-bond donors (Lipinski definition) is 1. The summed E-state index contributed by atoms with van der Waals surface area (Å²) in [6.07, 6.45) is 6.33. The second-order valence-corrected chi connectivity index (χ2v) is 8.01. The highest BCUT2D eigenvalue weighted by molar-refractivity contribution is 5.86. The van der Waals surface area contributed by atoms with Crippen molar-refractivity contribution >= 4 is 5.91 Å². The molecular formula is C18H33N3O2. The molecule has 3 heterocycles. The predicted octanol–water partition coefficient (Wildman–Crippen LogP) is 1.46. The second kappa shape index (κ2) is 7.49. The van der Waals surface area contributed by atoms with Gasteiger partial charge < -0.3 is 20.3 Å². The molecule has 0 saturated carbocycles. The average molecular weight is 323 g/mol. The summed E-state index contributed by atoms with van der Waals surface area (Å²) in [4.78, 5) is 17.5. The fourth-order valence-corrected chi connectivity index (χ4v) is 4.27. The van der Waals surface area contributed by atoms with Crippen LogP contribution < -0.4 is 5.73 Å². The summed E-state index contributed by atoms with van der Waals surface area (Å²) in [5.41, 5.74) is 5.72. The van der Waals surface area contributed by atoms with E-state index < -0.39 is 5.54 Å². The highest BCUT2D eigenvalue weighted by Crippen LogP contribution is 2.26. The number of carbonyl (C=O) groups is 1.